The molecule has 2 aromatic rings. The molecule has 4 nitrogen and oxygen atoms in total. The Morgan fingerprint density at radius 3 is 2.61 bits per heavy atom. The molecule has 0 unspecified atom stereocenters. The molecule has 23 heavy (non-hydrogen) atoms. The first-order chi connectivity index (χ1) is 11.0. The predicted molar refractivity (Wildman–Crippen MR) is 83.9 cm³/mol. The molecule has 0 heterocycles. The van der Waals surface area contributed by atoms with Gasteiger partial charge in [0.25, 0.3) is 0 Å². The fourth-order valence-corrected chi connectivity index (χ4v) is 3.82. The third-order valence-corrected chi connectivity index (χ3v) is 4.83. The highest BCUT2D eigenvalue weighted by Gasteiger charge is 2.37. The van der Waals surface area contributed by atoms with Crippen molar-refractivity contribution in [3.8, 4) is 5.75 Å². The van der Waals surface area contributed by atoms with Crippen molar-refractivity contribution in [3.63, 3.8) is 0 Å². The van der Waals surface area contributed by atoms with Crippen molar-refractivity contribution in [3.05, 3.63) is 63.7 Å². The number of Topliss-reactive ketones (excluding diaryl/α,β-unsaturated/α-hetero) is 1. The number of aliphatic hydroxyl groups excluding tert-OH is 1. The van der Waals surface area contributed by atoms with Gasteiger partial charge in [-0.2, -0.15) is 0 Å². The lowest BCUT2D eigenvalue weighted by molar-refractivity contribution is 0.0935. The lowest BCUT2D eigenvalue weighted by Crippen LogP contribution is -2.27. The van der Waals surface area contributed by atoms with Crippen molar-refractivity contribution in [2.45, 2.75) is 25.9 Å². The van der Waals surface area contributed by atoms with Gasteiger partial charge in [0.15, 0.2) is 11.6 Å². The predicted octanol–water partition coefficient (Wildman–Crippen LogP) is 2.78. The van der Waals surface area contributed by atoms with Gasteiger partial charge >= 0.3 is 0 Å². The summed E-state index contributed by atoms with van der Waals surface area (Å²) in [5.41, 5.74) is 2.54. The number of carbonyl (C=O) groups excluding carboxylic acids is 2. The van der Waals surface area contributed by atoms with E-state index >= 15 is 0 Å². The van der Waals surface area contributed by atoms with Crippen LogP contribution >= 0.6 is 0 Å². The van der Waals surface area contributed by atoms with Crippen LogP contribution in [-0.2, 0) is 6.42 Å². The average Bonchev–Trinajstić information content (AvgIpc) is 2.51. The first-order valence-corrected chi connectivity index (χ1v) is 7.72. The van der Waals surface area contributed by atoms with Gasteiger partial charge in [0.2, 0.25) is 0 Å². The molecule has 4 heteroatoms. The molecule has 2 aromatic carbocycles. The van der Waals surface area contributed by atoms with E-state index in [1.54, 1.807) is 18.2 Å². The fraction of sp³-hybridized carbons (Fsp3) is 0.263. The Morgan fingerprint density at radius 2 is 1.83 bits per heavy atom. The number of fused-ring (bicyclic) bond motifs is 4. The molecule has 4 rings (SSSR count). The smallest absolute Gasteiger partial charge is 0.194 e. The minimum absolute atomic E-state index is 0.0419. The normalized spacial score (nSPS) is 22.3. The summed E-state index contributed by atoms with van der Waals surface area (Å²) in [6.45, 7) is 2.02. The number of rotatable bonds is 0. The summed E-state index contributed by atoms with van der Waals surface area (Å²) >= 11 is 0. The van der Waals surface area contributed by atoms with Crippen LogP contribution in [0.4, 0.5) is 0 Å². The molecule has 0 spiro atoms. The van der Waals surface area contributed by atoms with Gasteiger partial charge in [-0.05, 0) is 29.5 Å². The van der Waals surface area contributed by atoms with Gasteiger partial charge in [0, 0.05) is 28.7 Å². The van der Waals surface area contributed by atoms with Crippen molar-refractivity contribution >= 4 is 11.6 Å². The van der Waals surface area contributed by atoms with E-state index in [0.29, 0.717) is 23.1 Å². The number of benzene rings is 2. The summed E-state index contributed by atoms with van der Waals surface area (Å²) < 4.78 is 0. The van der Waals surface area contributed by atoms with E-state index in [-0.39, 0.29) is 34.4 Å². The van der Waals surface area contributed by atoms with Gasteiger partial charge < -0.3 is 10.2 Å². The number of phenolic OH excluding ortho intramolecular Hbond substituents is 1. The van der Waals surface area contributed by atoms with Crippen LogP contribution in [0, 0.1) is 5.92 Å². The standard InChI is InChI=1S/C19H16O4/c1-9-7-10-5-6-12-17(15(10)14(21)8-9)19(23)11-3-2-4-13(20)16(11)18(12)22/h2-6,9,18,20,22H,7-8H2,1H3/t9-,18+/m0/s1. The Bertz CT molecular complexity index is 866. The number of aliphatic hydroxyl groups is 1. The van der Waals surface area contributed by atoms with Crippen LogP contribution in [0.25, 0.3) is 0 Å². The number of phenols is 1. The third-order valence-electron chi connectivity index (χ3n) is 4.83. The van der Waals surface area contributed by atoms with Crippen molar-refractivity contribution in [2.24, 2.45) is 5.92 Å². The molecule has 0 bridgehead atoms. The minimum Gasteiger partial charge on any atom is -0.508 e. The first-order valence-electron chi connectivity index (χ1n) is 7.72. The number of hydrogen-bond acceptors (Lipinski definition) is 4. The fourth-order valence-electron chi connectivity index (χ4n) is 3.82. The van der Waals surface area contributed by atoms with E-state index in [1.807, 2.05) is 13.0 Å². The van der Waals surface area contributed by atoms with Gasteiger partial charge in [0.1, 0.15) is 11.9 Å². The number of carbonyl (C=O) groups is 2. The summed E-state index contributed by atoms with van der Waals surface area (Å²) in [7, 11) is 0. The molecule has 0 saturated carbocycles. The highest BCUT2D eigenvalue weighted by Crippen LogP contribution is 2.42. The van der Waals surface area contributed by atoms with E-state index < -0.39 is 6.10 Å². The van der Waals surface area contributed by atoms with E-state index in [1.165, 1.54) is 6.07 Å². The summed E-state index contributed by atoms with van der Waals surface area (Å²) in [5, 5.41) is 20.6. The molecular formula is C19H16O4. The summed E-state index contributed by atoms with van der Waals surface area (Å²) in [5.74, 6) is -0.185. The molecular weight excluding hydrogens is 292 g/mol. The molecule has 2 aliphatic carbocycles. The van der Waals surface area contributed by atoms with Crippen molar-refractivity contribution in [1.29, 1.82) is 0 Å². The summed E-state index contributed by atoms with van der Waals surface area (Å²) in [6, 6.07) is 8.13. The van der Waals surface area contributed by atoms with Gasteiger partial charge in [-0.3, -0.25) is 9.59 Å². The van der Waals surface area contributed by atoms with Gasteiger partial charge in [-0.25, -0.2) is 0 Å². The first kappa shape index (κ1) is 14.2. The Kier molecular flexibility index (Phi) is 2.93. The van der Waals surface area contributed by atoms with Crippen LogP contribution in [0.1, 0.15) is 62.4 Å². The Labute approximate surface area is 133 Å². The van der Waals surface area contributed by atoms with E-state index in [9.17, 15) is 19.8 Å². The Balaban J connectivity index is 2.01. The van der Waals surface area contributed by atoms with Crippen LogP contribution in [0.15, 0.2) is 30.3 Å². The lowest BCUT2D eigenvalue weighted by atomic mass is 9.74. The van der Waals surface area contributed by atoms with Gasteiger partial charge in [0.05, 0.1) is 0 Å². The summed E-state index contributed by atoms with van der Waals surface area (Å²) in [6.07, 6.45) is 0.0704. The highest BCUT2D eigenvalue weighted by molar-refractivity contribution is 6.19. The topological polar surface area (TPSA) is 74.6 Å². The molecule has 0 fully saturated rings. The van der Waals surface area contributed by atoms with Crippen molar-refractivity contribution in [1.82, 2.24) is 0 Å². The lowest BCUT2D eigenvalue weighted by Gasteiger charge is -2.29. The maximum absolute atomic E-state index is 12.9. The second-order valence-electron chi connectivity index (χ2n) is 6.47. The molecule has 0 aromatic heterocycles. The second-order valence-corrected chi connectivity index (χ2v) is 6.47. The maximum Gasteiger partial charge on any atom is 0.194 e. The highest BCUT2D eigenvalue weighted by atomic mass is 16.3. The molecule has 2 N–H and O–H groups in total. The van der Waals surface area contributed by atoms with Crippen LogP contribution in [0.2, 0.25) is 0 Å². The second kappa shape index (κ2) is 4.77. The molecule has 2 atom stereocenters. The third kappa shape index (κ3) is 1.88. The average molecular weight is 308 g/mol. The van der Waals surface area contributed by atoms with Crippen LogP contribution < -0.4 is 0 Å². The monoisotopic (exact) mass is 308 g/mol. The SMILES string of the molecule is C[C@@H]1CC(=O)c2c(ccc3c2C(=O)c2cccc(O)c2[C@@H]3O)C1. The van der Waals surface area contributed by atoms with E-state index in [2.05, 4.69) is 0 Å². The number of aromatic hydroxyl groups is 1. The zero-order valence-electron chi connectivity index (χ0n) is 12.7. The largest absolute Gasteiger partial charge is 0.508 e. The maximum atomic E-state index is 12.9. The molecule has 0 amide bonds. The van der Waals surface area contributed by atoms with Crippen LogP contribution in [0.3, 0.4) is 0 Å². The number of ketones is 2. The Hall–Kier alpha value is -2.46. The van der Waals surface area contributed by atoms with Crippen molar-refractivity contribution < 1.29 is 19.8 Å². The summed E-state index contributed by atoms with van der Waals surface area (Å²) in [4.78, 5) is 25.4. The molecule has 0 aliphatic heterocycles. The van der Waals surface area contributed by atoms with E-state index in [4.69, 9.17) is 0 Å². The molecule has 0 saturated heterocycles. The van der Waals surface area contributed by atoms with Crippen LogP contribution in [-0.4, -0.2) is 21.8 Å². The minimum atomic E-state index is -1.10. The Morgan fingerprint density at radius 1 is 1.04 bits per heavy atom. The zero-order chi connectivity index (χ0) is 16.3. The quantitative estimate of drug-likeness (QED) is 0.785. The molecule has 116 valence electrons. The van der Waals surface area contributed by atoms with E-state index in [0.717, 1.165) is 12.0 Å². The van der Waals surface area contributed by atoms with Gasteiger partial charge in [-0.1, -0.05) is 31.2 Å². The van der Waals surface area contributed by atoms with Crippen LogP contribution in [0.5, 0.6) is 5.75 Å². The van der Waals surface area contributed by atoms with Crippen molar-refractivity contribution in [2.75, 3.05) is 0 Å². The molecule has 2 aliphatic rings. The molecule has 0 radical (unpaired) electrons. The van der Waals surface area contributed by atoms with Gasteiger partial charge in [-0.15, -0.1) is 0 Å². The zero-order valence-corrected chi connectivity index (χ0v) is 12.7. The number of hydrogen-bond donors (Lipinski definition) is 2.